The number of benzene rings is 1. The molecule has 0 heterocycles. The van der Waals surface area contributed by atoms with Gasteiger partial charge >= 0.3 is 12.3 Å². The number of amides is 1. The van der Waals surface area contributed by atoms with Crippen LogP contribution in [0.25, 0.3) is 0 Å². The summed E-state index contributed by atoms with van der Waals surface area (Å²) in [5.74, 6) is 0. The molecule has 1 amide bonds. The summed E-state index contributed by atoms with van der Waals surface area (Å²) in [4.78, 5) is 11.5. The fourth-order valence-corrected chi connectivity index (χ4v) is 1.60. The third-order valence-electron chi connectivity index (χ3n) is 2.08. The molecule has 1 rings (SSSR count). The Kier molecular flexibility index (Phi) is 4.43. The molecule has 20 heavy (non-hydrogen) atoms. The zero-order valence-electron chi connectivity index (χ0n) is 11.1. The van der Waals surface area contributed by atoms with E-state index in [1.165, 1.54) is 0 Å². The molecule has 0 atom stereocenters. The van der Waals surface area contributed by atoms with Crippen LogP contribution in [0.3, 0.4) is 0 Å². The maximum absolute atomic E-state index is 12.6. The third-order valence-corrected chi connectivity index (χ3v) is 2.39. The van der Waals surface area contributed by atoms with Crippen LogP contribution in [0.1, 0.15) is 26.3 Å². The first-order chi connectivity index (χ1) is 8.90. The van der Waals surface area contributed by atoms with Gasteiger partial charge in [-0.25, -0.2) is 4.79 Å². The van der Waals surface area contributed by atoms with Crippen molar-refractivity contribution in [2.24, 2.45) is 0 Å². The number of nitrogens with one attached hydrogen (secondary N) is 1. The quantitative estimate of drug-likeness (QED) is 0.761. The van der Waals surface area contributed by atoms with Crippen LogP contribution in [0.15, 0.2) is 12.1 Å². The number of rotatable bonds is 1. The van der Waals surface area contributed by atoms with Crippen molar-refractivity contribution in [3.8, 4) is 0 Å². The highest BCUT2D eigenvalue weighted by atomic mass is 35.5. The lowest BCUT2D eigenvalue weighted by Gasteiger charge is -2.20. The average Bonchev–Trinajstić information content (AvgIpc) is 2.18. The summed E-state index contributed by atoms with van der Waals surface area (Å²) >= 11 is 5.53. The lowest BCUT2D eigenvalue weighted by atomic mass is 10.1. The van der Waals surface area contributed by atoms with Crippen LogP contribution < -0.4 is 11.1 Å². The SMILES string of the molecule is CC(C)(C)OC(=O)Nc1cc(Cl)c(C(F)(F)F)cc1N. The number of halogens is 4. The molecule has 1 aromatic carbocycles. The van der Waals surface area contributed by atoms with Crippen molar-refractivity contribution in [3.05, 3.63) is 22.7 Å². The van der Waals surface area contributed by atoms with Crippen molar-refractivity contribution < 1.29 is 22.7 Å². The minimum atomic E-state index is -4.62. The number of anilines is 2. The molecule has 112 valence electrons. The number of nitrogen functional groups attached to an aromatic ring is 1. The number of alkyl halides is 3. The van der Waals surface area contributed by atoms with Crippen LogP contribution in [-0.4, -0.2) is 11.7 Å². The molecule has 0 aromatic heterocycles. The molecule has 0 aliphatic carbocycles. The first-order valence-electron chi connectivity index (χ1n) is 5.56. The molecular weight excluding hydrogens is 297 g/mol. The van der Waals surface area contributed by atoms with Crippen LogP contribution in [-0.2, 0) is 10.9 Å². The molecular formula is C12H14ClF3N2O2. The number of carbonyl (C=O) groups is 1. The summed E-state index contributed by atoms with van der Waals surface area (Å²) < 4.78 is 42.7. The maximum Gasteiger partial charge on any atom is 0.417 e. The van der Waals surface area contributed by atoms with E-state index < -0.39 is 28.5 Å². The lowest BCUT2D eigenvalue weighted by molar-refractivity contribution is -0.137. The molecule has 0 fully saturated rings. The second kappa shape index (κ2) is 5.40. The first kappa shape index (κ1) is 16.4. The van der Waals surface area contributed by atoms with E-state index in [4.69, 9.17) is 22.1 Å². The first-order valence-corrected chi connectivity index (χ1v) is 5.94. The summed E-state index contributed by atoms with van der Waals surface area (Å²) in [6.07, 6.45) is -5.45. The van der Waals surface area contributed by atoms with Gasteiger partial charge in [-0.3, -0.25) is 5.32 Å². The molecule has 0 saturated heterocycles. The van der Waals surface area contributed by atoms with Gasteiger partial charge in [0.25, 0.3) is 0 Å². The van der Waals surface area contributed by atoms with E-state index >= 15 is 0 Å². The van der Waals surface area contributed by atoms with Crippen LogP contribution in [0.4, 0.5) is 29.3 Å². The highest BCUT2D eigenvalue weighted by Crippen LogP contribution is 2.38. The van der Waals surface area contributed by atoms with E-state index in [2.05, 4.69) is 5.32 Å². The molecule has 0 unspecified atom stereocenters. The molecule has 4 nitrogen and oxygen atoms in total. The fraction of sp³-hybridized carbons (Fsp3) is 0.417. The van der Waals surface area contributed by atoms with Gasteiger partial charge in [0.05, 0.1) is 22.0 Å². The Balaban J connectivity index is 2.99. The maximum atomic E-state index is 12.6. The highest BCUT2D eigenvalue weighted by molar-refractivity contribution is 6.32. The van der Waals surface area contributed by atoms with Gasteiger partial charge in [-0.1, -0.05) is 11.6 Å². The molecule has 0 radical (unpaired) electrons. The standard InChI is InChI=1S/C12H14ClF3N2O2/c1-11(2,3)20-10(19)18-9-5-7(13)6(4-8(9)17)12(14,15)16/h4-5H,17H2,1-3H3,(H,18,19). The molecule has 0 aliphatic heterocycles. The number of hydrogen-bond acceptors (Lipinski definition) is 3. The second-order valence-electron chi connectivity index (χ2n) is 5.04. The molecule has 8 heteroatoms. The van der Waals surface area contributed by atoms with Crippen LogP contribution in [0, 0.1) is 0 Å². The highest BCUT2D eigenvalue weighted by Gasteiger charge is 2.34. The molecule has 0 aliphatic rings. The van der Waals surface area contributed by atoms with Crippen molar-refractivity contribution in [1.82, 2.24) is 0 Å². The van der Waals surface area contributed by atoms with Gasteiger partial charge < -0.3 is 10.5 Å². The minimum absolute atomic E-state index is 0.0442. The Morgan fingerprint density at radius 2 is 1.85 bits per heavy atom. The second-order valence-corrected chi connectivity index (χ2v) is 5.45. The Labute approximate surface area is 119 Å². The van der Waals surface area contributed by atoms with Gasteiger partial charge in [-0.05, 0) is 32.9 Å². The number of ether oxygens (including phenoxy) is 1. The smallest absolute Gasteiger partial charge is 0.417 e. The lowest BCUT2D eigenvalue weighted by Crippen LogP contribution is -2.27. The Bertz CT molecular complexity index is 525. The predicted molar refractivity (Wildman–Crippen MR) is 70.7 cm³/mol. The Morgan fingerprint density at radius 3 is 2.30 bits per heavy atom. The van der Waals surface area contributed by atoms with Crippen molar-refractivity contribution in [2.45, 2.75) is 32.5 Å². The van der Waals surface area contributed by atoms with Crippen molar-refractivity contribution in [1.29, 1.82) is 0 Å². The van der Waals surface area contributed by atoms with Crippen molar-refractivity contribution >= 4 is 29.1 Å². The third kappa shape index (κ3) is 4.48. The predicted octanol–water partition coefficient (Wildman–Crippen LogP) is 4.29. The normalized spacial score (nSPS) is 12.2. The largest absolute Gasteiger partial charge is 0.444 e. The minimum Gasteiger partial charge on any atom is -0.444 e. The van der Waals surface area contributed by atoms with Crippen LogP contribution in [0.5, 0.6) is 0 Å². The molecule has 0 bridgehead atoms. The van der Waals surface area contributed by atoms with Gasteiger partial charge in [0.2, 0.25) is 0 Å². The summed E-state index contributed by atoms with van der Waals surface area (Å²) in [7, 11) is 0. The molecule has 0 saturated carbocycles. The fourth-order valence-electron chi connectivity index (χ4n) is 1.33. The van der Waals surface area contributed by atoms with E-state index in [0.717, 1.165) is 6.07 Å². The van der Waals surface area contributed by atoms with Crippen LogP contribution in [0.2, 0.25) is 5.02 Å². The van der Waals surface area contributed by atoms with Gasteiger partial charge in [0.15, 0.2) is 0 Å². The summed E-state index contributed by atoms with van der Waals surface area (Å²) in [5.41, 5.74) is 3.36. The van der Waals surface area contributed by atoms with Crippen molar-refractivity contribution in [3.63, 3.8) is 0 Å². The van der Waals surface area contributed by atoms with Gasteiger partial charge in [-0.15, -0.1) is 0 Å². The summed E-state index contributed by atoms with van der Waals surface area (Å²) in [6.45, 7) is 4.95. The summed E-state index contributed by atoms with van der Waals surface area (Å²) in [5, 5.41) is 1.69. The van der Waals surface area contributed by atoms with Gasteiger partial charge in [0.1, 0.15) is 5.60 Å². The van der Waals surface area contributed by atoms with E-state index in [1.54, 1.807) is 20.8 Å². The Hall–Kier alpha value is -1.63. The molecule has 3 N–H and O–H groups in total. The van der Waals surface area contributed by atoms with E-state index in [9.17, 15) is 18.0 Å². The van der Waals surface area contributed by atoms with E-state index in [0.29, 0.717) is 6.07 Å². The summed E-state index contributed by atoms with van der Waals surface area (Å²) in [6, 6.07) is 1.60. The molecule has 1 aromatic rings. The van der Waals surface area contributed by atoms with Gasteiger partial charge in [0, 0.05) is 0 Å². The van der Waals surface area contributed by atoms with Crippen LogP contribution >= 0.6 is 11.6 Å². The number of nitrogens with two attached hydrogens (primary N) is 1. The zero-order chi connectivity index (χ0) is 15.7. The molecule has 0 spiro atoms. The Morgan fingerprint density at radius 1 is 1.30 bits per heavy atom. The topological polar surface area (TPSA) is 64.3 Å². The monoisotopic (exact) mass is 310 g/mol. The van der Waals surface area contributed by atoms with Crippen molar-refractivity contribution in [2.75, 3.05) is 11.1 Å². The number of hydrogen-bond donors (Lipinski definition) is 2. The number of carbonyl (C=O) groups excluding carboxylic acids is 1. The zero-order valence-corrected chi connectivity index (χ0v) is 11.8. The van der Waals surface area contributed by atoms with E-state index in [1.807, 2.05) is 0 Å². The van der Waals surface area contributed by atoms with Gasteiger partial charge in [-0.2, -0.15) is 13.2 Å². The van der Waals surface area contributed by atoms with E-state index in [-0.39, 0.29) is 11.4 Å². The average molecular weight is 311 g/mol.